The SMILES string of the molecule is C[CH2][Al]([CH2]c1cccc2cccnc12)[O]c1cccc2cccnc12.c1ccc2ncccc2c1. The number of aromatic nitrogens is 3. The van der Waals surface area contributed by atoms with Gasteiger partial charge in [0.2, 0.25) is 0 Å². The second kappa shape index (κ2) is 11.1. The van der Waals surface area contributed by atoms with Gasteiger partial charge in [0.25, 0.3) is 0 Å². The first kappa shape index (κ1) is 23.0. The summed E-state index contributed by atoms with van der Waals surface area (Å²) < 4.78 is 6.48. The lowest BCUT2D eigenvalue weighted by atomic mass is 10.1. The number of hydrogen-bond acceptors (Lipinski definition) is 4. The van der Waals surface area contributed by atoms with Crippen molar-refractivity contribution < 1.29 is 3.79 Å². The summed E-state index contributed by atoms with van der Waals surface area (Å²) in [4.78, 5) is 13.3. The highest BCUT2D eigenvalue weighted by Gasteiger charge is 2.24. The molecule has 0 amide bonds. The summed E-state index contributed by atoms with van der Waals surface area (Å²) in [5.74, 6) is 0.907. The van der Waals surface area contributed by atoms with Gasteiger partial charge in [-0.1, -0.05) is 78.9 Å². The molecule has 5 heteroatoms. The number of para-hydroxylation sites is 3. The third kappa shape index (κ3) is 5.49. The van der Waals surface area contributed by atoms with Gasteiger partial charge in [0.15, 0.2) is 0 Å². The van der Waals surface area contributed by atoms with Gasteiger partial charge in [-0.05, 0) is 41.2 Å². The number of fused-ring (bicyclic) bond motifs is 3. The minimum absolute atomic E-state index is 0.907. The first-order valence-corrected chi connectivity index (χ1v) is 14.0. The van der Waals surface area contributed by atoms with E-state index >= 15 is 0 Å². The molecular weight excluding hydrogens is 445 g/mol. The highest BCUT2D eigenvalue weighted by molar-refractivity contribution is 6.52. The zero-order chi connectivity index (χ0) is 23.9. The highest BCUT2D eigenvalue weighted by Crippen LogP contribution is 2.25. The molecule has 0 radical (unpaired) electrons. The van der Waals surface area contributed by atoms with E-state index in [4.69, 9.17) is 3.79 Å². The van der Waals surface area contributed by atoms with Gasteiger partial charge >= 0.3 is 14.5 Å². The highest BCUT2D eigenvalue weighted by atomic mass is 27.2. The molecule has 35 heavy (non-hydrogen) atoms. The molecule has 0 aliphatic carbocycles. The van der Waals surface area contributed by atoms with Gasteiger partial charge in [0.1, 0.15) is 11.3 Å². The summed E-state index contributed by atoms with van der Waals surface area (Å²) in [5, 5.41) is 5.54. The Kier molecular flexibility index (Phi) is 7.29. The lowest BCUT2D eigenvalue weighted by molar-refractivity contribution is 0.569. The summed E-state index contributed by atoms with van der Waals surface area (Å²) in [7, 11) is 0. The molecule has 0 saturated carbocycles. The Hall–Kier alpha value is -3.78. The van der Waals surface area contributed by atoms with Crippen molar-refractivity contribution in [2.24, 2.45) is 0 Å². The number of benzene rings is 3. The van der Waals surface area contributed by atoms with Crippen molar-refractivity contribution in [3.8, 4) is 5.75 Å². The van der Waals surface area contributed by atoms with Crippen molar-refractivity contribution in [2.45, 2.75) is 17.5 Å². The number of nitrogens with zero attached hydrogens (tertiary/aromatic N) is 3. The molecule has 3 heterocycles. The van der Waals surface area contributed by atoms with E-state index in [-0.39, 0.29) is 0 Å². The maximum atomic E-state index is 6.48. The first-order chi connectivity index (χ1) is 17.3. The number of pyridine rings is 3. The monoisotopic (exact) mass is 471 g/mol. The zero-order valence-electron chi connectivity index (χ0n) is 19.7. The number of rotatable bonds is 5. The second-order valence-corrected chi connectivity index (χ2v) is 11.1. The van der Waals surface area contributed by atoms with Gasteiger partial charge in [-0.25, -0.2) is 0 Å². The van der Waals surface area contributed by atoms with Crippen LogP contribution in [0.5, 0.6) is 5.75 Å². The fourth-order valence-electron chi connectivity index (χ4n) is 4.21. The van der Waals surface area contributed by atoms with Crippen LogP contribution < -0.4 is 3.79 Å². The summed E-state index contributed by atoms with van der Waals surface area (Å²) in [6.45, 7) is 2.22. The molecule has 4 nitrogen and oxygen atoms in total. The summed E-state index contributed by atoms with van der Waals surface area (Å²) in [5.41, 5.74) is 4.39. The molecule has 0 aliphatic heterocycles. The van der Waals surface area contributed by atoms with Crippen molar-refractivity contribution in [3.63, 3.8) is 0 Å². The van der Waals surface area contributed by atoms with Crippen molar-refractivity contribution in [1.82, 2.24) is 15.0 Å². The lowest BCUT2D eigenvalue weighted by Crippen LogP contribution is -2.24. The summed E-state index contributed by atoms with van der Waals surface area (Å²) >= 11 is -1.46. The van der Waals surface area contributed by atoms with E-state index in [0.29, 0.717) is 0 Å². The summed E-state index contributed by atoms with van der Waals surface area (Å²) in [6, 6.07) is 32.8. The molecule has 0 N–H and O–H groups in total. The molecule has 0 fully saturated rings. The van der Waals surface area contributed by atoms with E-state index < -0.39 is 14.5 Å². The van der Waals surface area contributed by atoms with E-state index in [1.807, 2.05) is 67.1 Å². The van der Waals surface area contributed by atoms with Crippen LogP contribution in [0.1, 0.15) is 12.5 Å². The molecule has 0 unspecified atom stereocenters. The number of hydrogen-bond donors (Lipinski definition) is 0. The molecular formula is C30H26AlN3O. The Morgan fingerprint density at radius 2 is 1.20 bits per heavy atom. The Labute approximate surface area is 210 Å². The molecule has 170 valence electrons. The molecule has 3 aromatic heterocycles. The largest absolute Gasteiger partial charge is 0.641 e. The van der Waals surface area contributed by atoms with Crippen molar-refractivity contribution in [1.29, 1.82) is 0 Å². The van der Waals surface area contributed by atoms with E-state index in [1.165, 1.54) is 16.3 Å². The van der Waals surface area contributed by atoms with Crippen LogP contribution in [0.4, 0.5) is 0 Å². The maximum Gasteiger partial charge on any atom is 0.551 e. The van der Waals surface area contributed by atoms with Crippen LogP contribution in [0, 0.1) is 0 Å². The van der Waals surface area contributed by atoms with E-state index in [1.54, 1.807) is 0 Å². The van der Waals surface area contributed by atoms with Gasteiger partial charge in [0, 0.05) is 34.7 Å². The van der Waals surface area contributed by atoms with Crippen molar-refractivity contribution in [2.75, 3.05) is 0 Å². The molecule has 6 aromatic rings. The topological polar surface area (TPSA) is 47.9 Å². The fourth-order valence-corrected chi connectivity index (χ4v) is 6.12. The Morgan fingerprint density at radius 3 is 1.97 bits per heavy atom. The van der Waals surface area contributed by atoms with Gasteiger partial charge in [-0.2, -0.15) is 0 Å². The predicted molar refractivity (Wildman–Crippen MR) is 146 cm³/mol. The average molecular weight is 472 g/mol. The van der Waals surface area contributed by atoms with Crippen LogP contribution in [-0.2, 0) is 5.28 Å². The predicted octanol–water partition coefficient (Wildman–Crippen LogP) is 7.19. The van der Waals surface area contributed by atoms with Gasteiger partial charge in [-0.3, -0.25) is 15.0 Å². The van der Waals surface area contributed by atoms with E-state index in [9.17, 15) is 0 Å². The van der Waals surface area contributed by atoms with Crippen LogP contribution in [0.3, 0.4) is 0 Å². The van der Waals surface area contributed by atoms with E-state index in [2.05, 4.69) is 70.4 Å². The van der Waals surface area contributed by atoms with Gasteiger partial charge in [0.05, 0.1) is 11.0 Å². The second-order valence-electron chi connectivity index (χ2n) is 8.37. The Bertz CT molecular complexity index is 1410. The fraction of sp³-hybridized carbons (Fsp3) is 0.100. The Balaban J connectivity index is 0.000000211. The maximum absolute atomic E-state index is 6.48. The molecule has 6 rings (SSSR count). The Morgan fingerprint density at radius 1 is 0.600 bits per heavy atom. The van der Waals surface area contributed by atoms with Crippen molar-refractivity contribution >= 4 is 47.2 Å². The average Bonchev–Trinajstić information content (AvgIpc) is 2.93. The molecule has 3 aromatic carbocycles. The van der Waals surface area contributed by atoms with Crippen LogP contribution >= 0.6 is 0 Å². The van der Waals surface area contributed by atoms with Crippen LogP contribution in [0.2, 0.25) is 5.28 Å². The normalized spacial score (nSPS) is 10.7. The molecule has 0 saturated heterocycles. The third-order valence-electron chi connectivity index (χ3n) is 6.02. The minimum atomic E-state index is -1.46. The molecule has 0 aliphatic rings. The van der Waals surface area contributed by atoms with Crippen molar-refractivity contribution in [3.05, 3.63) is 121 Å². The smallest absolute Gasteiger partial charge is 0.551 e. The first-order valence-electron chi connectivity index (χ1n) is 11.9. The molecule has 0 spiro atoms. The quantitative estimate of drug-likeness (QED) is 0.250. The third-order valence-corrected chi connectivity index (χ3v) is 8.41. The van der Waals surface area contributed by atoms with E-state index in [0.717, 1.165) is 38.3 Å². The van der Waals surface area contributed by atoms with Gasteiger partial charge in [-0.15, -0.1) is 0 Å². The van der Waals surface area contributed by atoms with Crippen LogP contribution in [0.15, 0.2) is 116 Å². The lowest BCUT2D eigenvalue weighted by Gasteiger charge is -2.16. The summed E-state index contributed by atoms with van der Waals surface area (Å²) in [6.07, 6.45) is 5.50. The zero-order valence-corrected chi connectivity index (χ0v) is 20.9. The molecule has 0 bridgehead atoms. The van der Waals surface area contributed by atoms with Crippen LogP contribution in [-0.4, -0.2) is 29.4 Å². The van der Waals surface area contributed by atoms with Gasteiger partial charge < -0.3 is 3.79 Å². The minimum Gasteiger partial charge on any atom is -0.641 e. The standard InChI is InChI=1S/C10H8N.C9H7NO.C9H7N.C2H5.Al/c1-8-4-2-5-9-6-3-7-11-10(8)9;11-8-5-1-3-7-4-2-6-10-9(7)8;1-2-6-9-8(4-1)5-3-7-10-9;1-2;/h2-7H,1H2;1-6,11H;1-7H;1H2,2H3;/q;;;;+1/p-1. The molecule has 0 atom stereocenters. The van der Waals surface area contributed by atoms with Crippen LogP contribution in [0.25, 0.3) is 32.7 Å².